The molecule has 0 bridgehead atoms. The first-order valence-electron chi connectivity index (χ1n) is 9.16. The molecule has 0 saturated heterocycles. The van der Waals surface area contributed by atoms with Gasteiger partial charge in [0.15, 0.2) is 6.04 Å². The number of carbonyl (C=O) groups is 5. The minimum Gasteiger partial charge on any atom is -0.481 e. The average Bonchev–Trinajstić information content (AvgIpc) is 2.59. The van der Waals surface area contributed by atoms with E-state index in [0.29, 0.717) is 0 Å². The Morgan fingerprint density at radius 2 is 1.13 bits per heavy atom. The average molecular weight is 434 g/mol. The quantitative estimate of drug-likeness (QED) is 0.153. The molecule has 0 rings (SSSR count). The molecule has 0 aliphatic carbocycles. The first-order chi connectivity index (χ1) is 13.7. The number of rotatable bonds is 12. The first kappa shape index (κ1) is 27.2. The lowest BCUT2D eigenvalue weighted by Crippen LogP contribution is -2.61. The Kier molecular flexibility index (Phi) is 10.9. The topological polar surface area (TPSA) is 228 Å². The molecule has 13 heteroatoms. The van der Waals surface area contributed by atoms with Crippen LogP contribution in [-0.4, -0.2) is 86.5 Å². The highest BCUT2D eigenvalue weighted by molar-refractivity contribution is 5.95. The summed E-state index contributed by atoms with van der Waals surface area (Å²) in [6, 6.07) is -5.90. The Labute approximate surface area is 173 Å². The molecule has 0 aromatic rings. The van der Waals surface area contributed by atoms with Gasteiger partial charge in [0.25, 0.3) is 0 Å². The second-order valence-corrected chi connectivity index (χ2v) is 7.23. The van der Waals surface area contributed by atoms with Crippen molar-refractivity contribution in [2.24, 2.45) is 11.7 Å². The molecule has 0 aliphatic rings. The van der Waals surface area contributed by atoms with Gasteiger partial charge in [-0.05, 0) is 19.8 Å². The van der Waals surface area contributed by atoms with Crippen molar-refractivity contribution in [3.8, 4) is 0 Å². The zero-order valence-electron chi connectivity index (χ0n) is 17.2. The zero-order valence-corrected chi connectivity index (χ0v) is 17.2. The van der Waals surface area contributed by atoms with Gasteiger partial charge in [-0.2, -0.15) is 0 Å². The molecule has 0 heterocycles. The molecule has 0 aromatic heterocycles. The summed E-state index contributed by atoms with van der Waals surface area (Å²) in [7, 11) is 0. The molecule has 6 unspecified atom stereocenters. The summed E-state index contributed by atoms with van der Waals surface area (Å²) in [5.74, 6) is -6.21. The summed E-state index contributed by atoms with van der Waals surface area (Å²) in [5, 5.41) is 43.6. The molecule has 30 heavy (non-hydrogen) atoms. The smallest absolute Gasteiger partial charge is 0.328 e. The Morgan fingerprint density at radius 1 is 0.733 bits per heavy atom. The van der Waals surface area contributed by atoms with Gasteiger partial charge < -0.3 is 42.1 Å². The monoisotopic (exact) mass is 434 g/mol. The third kappa shape index (κ3) is 8.71. The van der Waals surface area contributed by atoms with Crippen LogP contribution in [-0.2, 0) is 24.0 Å². The highest BCUT2D eigenvalue weighted by atomic mass is 16.4. The van der Waals surface area contributed by atoms with E-state index in [9.17, 15) is 34.2 Å². The lowest BCUT2D eigenvalue weighted by atomic mass is 10.0. The number of amides is 3. The van der Waals surface area contributed by atoms with E-state index in [0.717, 1.165) is 0 Å². The Hall–Kier alpha value is -2.77. The fraction of sp³-hybridized carbons (Fsp3) is 0.706. The summed E-state index contributed by atoms with van der Waals surface area (Å²) in [4.78, 5) is 58.8. The van der Waals surface area contributed by atoms with Crippen molar-refractivity contribution in [2.45, 2.75) is 70.5 Å². The van der Waals surface area contributed by atoms with Gasteiger partial charge in [0, 0.05) is 0 Å². The lowest BCUT2D eigenvalue weighted by Gasteiger charge is -2.28. The van der Waals surface area contributed by atoms with Crippen LogP contribution in [0.1, 0.15) is 34.1 Å². The molecular formula is C17H30N4O9. The van der Waals surface area contributed by atoms with Gasteiger partial charge in [-0.15, -0.1) is 0 Å². The lowest BCUT2D eigenvalue weighted by molar-refractivity contribution is -0.145. The van der Waals surface area contributed by atoms with Crippen LogP contribution in [0.5, 0.6) is 0 Å². The van der Waals surface area contributed by atoms with Gasteiger partial charge in [0.1, 0.15) is 12.1 Å². The van der Waals surface area contributed by atoms with Gasteiger partial charge >= 0.3 is 11.9 Å². The predicted molar refractivity (Wildman–Crippen MR) is 102 cm³/mol. The second-order valence-electron chi connectivity index (χ2n) is 7.23. The van der Waals surface area contributed by atoms with E-state index < -0.39 is 78.4 Å². The molecule has 0 aliphatic heterocycles. The van der Waals surface area contributed by atoms with Crippen LogP contribution >= 0.6 is 0 Å². The van der Waals surface area contributed by atoms with Crippen molar-refractivity contribution in [3.63, 3.8) is 0 Å². The normalized spacial score (nSPS) is 17.1. The largest absolute Gasteiger partial charge is 0.481 e. The van der Waals surface area contributed by atoms with Crippen LogP contribution in [0.2, 0.25) is 0 Å². The molecule has 13 nitrogen and oxygen atoms in total. The summed E-state index contributed by atoms with van der Waals surface area (Å²) in [5.41, 5.74) is 5.43. The van der Waals surface area contributed by atoms with Crippen molar-refractivity contribution >= 4 is 29.7 Å². The Bertz CT molecular complexity index is 651. The molecule has 6 atom stereocenters. The van der Waals surface area contributed by atoms with Gasteiger partial charge in [-0.3, -0.25) is 19.2 Å². The summed E-state index contributed by atoms with van der Waals surface area (Å²) in [6.45, 7) is 5.47. The third-order valence-electron chi connectivity index (χ3n) is 4.09. The maximum Gasteiger partial charge on any atom is 0.328 e. The fourth-order valence-electron chi connectivity index (χ4n) is 2.36. The zero-order chi connectivity index (χ0) is 23.8. The SMILES string of the molecule is CC(C)C(NC(=O)C(NC(=O)C(N)CC(=O)O)C(C)O)C(=O)NC(C(=O)O)C(C)O. The number of aliphatic hydroxyl groups is 2. The van der Waals surface area contributed by atoms with Crippen molar-refractivity contribution in [1.29, 1.82) is 0 Å². The van der Waals surface area contributed by atoms with Crippen LogP contribution in [0.25, 0.3) is 0 Å². The summed E-state index contributed by atoms with van der Waals surface area (Å²) >= 11 is 0. The summed E-state index contributed by atoms with van der Waals surface area (Å²) in [6.07, 6.45) is -3.53. The molecule has 9 N–H and O–H groups in total. The minimum absolute atomic E-state index is 0.531. The maximum absolute atomic E-state index is 12.5. The number of aliphatic carboxylic acids is 2. The van der Waals surface area contributed by atoms with Crippen LogP contribution in [0.4, 0.5) is 0 Å². The molecule has 0 aromatic carbocycles. The molecule has 0 radical (unpaired) electrons. The van der Waals surface area contributed by atoms with Gasteiger partial charge in [-0.1, -0.05) is 13.8 Å². The molecule has 3 amide bonds. The minimum atomic E-state index is -1.61. The number of aliphatic hydroxyl groups excluding tert-OH is 2. The number of nitrogens with one attached hydrogen (secondary N) is 3. The number of hydrogen-bond donors (Lipinski definition) is 8. The van der Waals surface area contributed by atoms with Crippen molar-refractivity contribution in [3.05, 3.63) is 0 Å². The maximum atomic E-state index is 12.5. The highest BCUT2D eigenvalue weighted by Crippen LogP contribution is 2.06. The van der Waals surface area contributed by atoms with E-state index in [1.54, 1.807) is 13.8 Å². The van der Waals surface area contributed by atoms with E-state index in [-0.39, 0.29) is 0 Å². The van der Waals surface area contributed by atoms with Gasteiger partial charge in [0.05, 0.1) is 24.7 Å². The highest BCUT2D eigenvalue weighted by Gasteiger charge is 2.34. The van der Waals surface area contributed by atoms with E-state index in [2.05, 4.69) is 16.0 Å². The summed E-state index contributed by atoms with van der Waals surface area (Å²) < 4.78 is 0. The van der Waals surface area contributed by atoms with Gasteiger partial charge in [0.2, 0.25) is 17.7 Å². The Balaban J connectivity index is 5.36. The van der Waals surface area contributed by atoms with Crippen LogP contribution in [0.3, 0.4) is 0 Å². The number of carboxylic acid groups (broad SMARTS) is 2. The van der Waals surface area contributed by atoms with Crippen LogP contribution in [0.15, 0.2) is 0 Å². The second kappa shape index (κ2) is 12.0. The van der Waals surface area contributed by atoms with E-state index in [1.165, 1.54) is 13.8 Å². The molecule has 0 fully saturated rings. The van der Waals surface area contributed by atoms with Gasteiger partial charge in [-0.25, -0.2) is 4.79 Å². The number of carboxylic acids is 2. The standard InChI is InChI=1S/C17H30N4O9/c1-6(2)11(15(27)21-13(8(4)23)17(29)30)19-16(28)12(7(3)22)20-14(26)9(18)5-10(24)25/h6-9,11-13,22-23H,5,18H2,1-4H3,(H,19,28)(H,20,26)(H,21,27)(H,24,25)(H,29,30). The number of carbonyl (C=O) groups excluding carboxylic acids is 3. The number of nitrogens with two attached hydrogens (primary N) is 1. The van der Waals surface area contributed by atoms with Crippen molar-refractivity contribution in [2.75, 3.05) is 0 Å². The van der Waals surface area contributed by atoms with Crippen LogP contribution in [0, 0.1) is 5.92 Å². The fourth-order valence-corrected chi connectivity index (χ4v) is 2.36. The van der Waals surface area contributed by atoms with E-state index in [4.69, 9.17) is 15.9 Å². The number of hydrogen-bond acceptors (Lipinski definition) is 8. The molecule has 0 spiro atoms. The van der Waals surface area contributed by atoms with E-state index in [1.807, 2.05) is 0 Å². The van der Waals surface area contributed by atoms with E-state index >= 15 is 0 Å². The first-order valence-corrected chi connectivity index (χ1v) is 9.16. The molecule has 0 saturated carbocycles. The predicted octanol–water partition coefficient (Wildman–Crippen LogP) is -3.25. The van der Waals surface area contributed by atoms with Crippen LogP contribution < -0.4 is 21.7 Å². The molecule has 172 valence electrons. The third-order valence-corrected chi connectivity index (χ3v) is 4.09. The van der Waals surface area contributed by atoms with Crippen molar-refractivity contribution < 1.29 is 44.4 Å². The molecular weight excluding hydrogens is 404 g/mol. The Morgan fingerprint density at radius 3 is 1.50 bits per heavy atom. The van der Waals surface area contributed by atoms with Crippen molar-refractivity contribution in [1.82, 2.24) is 16.0 Å².